The van der Waals surface area contributed by atoms with E-state index in [-0.39, 0.29) is 18.7 Å². The van der Waals surface area contributed by atoms with Crippen LogP contribution >= 0.6 is 11.3 Å². The first-order chi connectivity index (χ1) is 17.4. The highest BCUT2D eigenvalue weighted by molar-refractivity contribution is 7.15. The largest absolute Gasteiger partial charge is 0.490 e. The molecule has 0 atom stereocenters. The van der Waals surface area contributed by atoms with Crippen LogP contribution < -0.4 is 21.5 Å². The minimum Gasteiger partial charge on any atom is -0.490 e. The first-order valence-corrected chi connectivity index (χ1v) is 11.5. The molecule has 0 radical (unpaired) electrons. The molecule has 0 unspecified atom stereocenters. The van der Waals surface area contributed by atoms with Crippen LogP contribution in [0.25, 0.3) is 10.4 Å². The molecule has 1 aromatic carbocycles. The molecule has 1 aliphatic rings. The van der Waals surface area contributed by atoms with Gasteiger partial charge in [0.2, 0.25) is 0 Å². The highest BCUT2D eigenvalue weighted by Crippen LogP contribution is 2.39. The van der Waals surface area contributed by atoms with Crippen molar-refractivity contribution in [3.63, 3.8) is 0 Å². The molecule has 0 fully saturated rings. The van der Waals surface area contributed by atoms with E-state index in [1.54, 1.807) is 11.3 Å². The number of fused-ring (bicyclic) bond motifs is 1. The van der Waals surface area contributed by atoms with Gasteiger partial charge in [-0.3, -0.25) is 4.57 Å². The molecule has 3 aromatic rings. The molecule has 0 amide bonds. The lowest BCUT2D eigenvalue weighted by Gasteiger charge is -2.22. The summed E-state index contributed by atoms with van der Waals surface area (Å²) in [6, 6.07) is 7.97. The Hall–Kier alpha value is -3.72. The number of ether oxygens (including phenoxy) is 1. The Kier molecular flexibility index (Phi) is 8.70. The number of anilines is 1. The molecule has 4 N–H and O–H groups in total. The quantitative estimate of drug-likeness (QED) is 0.402. The third kappa shape index (κ3) is 6.74. The maximum Gasteiger partial charge on any atom is 0.490 e. The molecule has 15 heteroatoms. The van der Waals surface area contributed by atoms with Gasteiger partial charge in [0.05, 0.1) is 18.8 Å². The summed E-state index contributed by atoms with van der Waals surface area (Å²) in [5.41, 5.74) is 7.78. The molecule has 4 rings (SSSR count). The van der Waals surface area contributed by atoms with E-state index in [0.717, 1.165) is 43.5 Å². The minimum atomic E-state index is -5.08. The number of halogens is 5. The van der Waals surface area contributed by atoms with E-state index < -0.39 is 23.9 Å². The molecule has 3 heterocycles. The zero-order valence-electron chi connectivity index (χ0n) is 19.3. The van der Waals surface area contributed by atoms with Crippen LogP contribution in [0.5, 0.6) is 5.75 Å². The third-order valence-electron chi connectivity index (χ3n) is 5.24. The number of carboxylic acids is 1. The summed E-state index contributed by atoms with van der Waals surface area (Å²) in [7, 11) is 0. The van der Waals surface area contributed by atoms with Crippen LogP contribution in [0, 0.1) is 6.92 Å². The number of alkyl halides is 3. The SMILES string of the molecule is Cc1c(-c2ccc(Cn3cnn(CC(CN)=C(F)F)c3=O)s2)ccc2c1NCCO2.O=C(O)C(F)(F)F. The van der Waals surface area contributed by atoms with Gasteiger partial charge in [0, 0.05) is 28.4 Å². The van der Waals surface area contributed by atoms with Gasteiger partial charge in [0.15, 0.2) is 0 Å². The Balaban J connectivity index is 0.000000479. The number of hydrogen-bond acceptors (Lipinski definition) is 7. The molecule has 0 saturated heterocycles. The van der Waals surface area contributed by atoms with Crippen LogP contribution in [-0.2, 0) is 17.9 Å². The summed E-state index contributed by atoms with van der Waals surface area (Å²) in [5, 5.41) is 14.4. The van der Waals surface area contributed by atoms with Gasteiger partial charge >= 0.3 is 17.8 Å². The molecular weight excluding hydrogens is 525 g/mol. The Bertz CT molecular complexity index is 1360. The Morgan fingerprint density at radius 1 is 1.27 bits per heavy atom. The summed E-state index contributed by atoms with van der Waals surface area (Å²) < 4.78 is 65.4. The van der Waals surface area contributed by atoms with Gasteiger partial charge in [0.1, 0.15) is 18.7 Å². The highest BCUT2D eigenvalue weighted by atomic mass is 32.1. The Labute approximate surface area is 210 Å². The van der Waals surface area contributed by atoms with Crippen molar-refractivity contribution < 1.29 is 36.6 Å². The van der Waals surface area contributed by atoms with Crippen LogP contribution in [0.4, 0.5) is 27.6 Å². The van der Waals surface area contributed by atoms with Gasteiger partial charge < -0.3 is 20.9 Å². The normalized spacial score (nSPS) is 12.5. The van der Waals surface area contributed by atoms with Crippen molar-refractivity contribution in [1.29, 1.82) is 0 Å². The molecule has 0 spiro atoms. The molecule has 9 nitrogen and oxygen atoms in total. The number of carbonyl (C=O) groups is 1. The second-order valence-corrected chi connectivity index (χ2v) is 8.89. The van der Waals surface area contributed by atoms with Crippen molar-refractivity contribution >= 4 is 23.0 Å². The first kappa shape index (κ1) is 27.9. The lowest BCUT2D eigenvalue weighted by molar-refractivity contribution is -0.192. The van der Waals surface area contributed by atoms with E-state index in [9.17, 15) is 26.7 Å². The molecule has 0 aliphatic carbocycles. The summed E-state index contributed by atoms with van der Waals surface area (Å²) >= 11 is 1.57. The van der Waals surface area contributed by atoms with E-state index in [1.165, 1.54) is 10.9 Å². The number of benzene rings is 1. The van der Waals surface area contributed by atoms with Crippen molar-refractivity contribution in [2.75, 3.05) is 25.0 Å². The van der Waals surface area contributed by atoms with Gasteiger partial charge in [-0.15, -0.1) is 11.3 Å². The fraction of sp³-hybridized carbons (Fsp3) is 0.318. The van der Waals surface area contributed by atoms with Gasteiger partial charge in [-0.05, 0) is 42.3 Å². The van der Waals surface area contributed by atoms with Crippen LogP contribution in [0.2, 0.25) is 0 Å². The van der Waals surface area contributed by atoms with E-state index >= 15 is 0 Å². The average Bonchev–Trinajstić information content (AvgIpc) is 3.44. The van der Waals surface area contributed by atoms with E-state index in [1.807, 2.05) is 24.3 Å². The third-order valence-corrected chi connectivity index (χ3v) is 6.34. The van der Waals surface area contributed by atoms with Crippen LogP contribution in [0.15, 0.2) is 47.0 Å². The Morgan fingerprint density at radius 3 is 2.59 bits per heavy atom. The predicted octanol–water partition coefficient (Wildman–Crippen LogP) is 3.68. The number of nitrogens with zero attached hydrogens (tertiary/aromatic N) is 3. The molecule has 1 aliphatic heterocycles. The molecule has 200 valence electrons. The number of aliphatic carboxylic acids is 1. The lowest BCUT2D eigenvalue weighted by atomic mass is 10.0. The van der Waals surface area contributed by atoms with Gasteiger partial charge in [-0.25, -0.2) is 14.3 Å². The molecule has 0 bridgehead atoms. The van der Waals surface area contributed by atoms with Gasteiger partial charge in [-0.2, -0.15) is 27.1 Å². The minimum absolute atomic E-state index is 0.304. The maximum absolute atomic E-state index is 12.8. The zero-order valence-corrected chi connectivity index (χ0v) is 20.1. The predicted molar refractivity (Wildman–Crippen MR) is 126 cm³/mol. The van der Waals surface area contributed by atoms with E-state index in [0.29, 0.717) is 13.2 Å². The topological polar surface area (TPSA) is 124 Å². The van der Waals surface area contributed by atoms with Crippen molar-refractivity contribution in [1.82, 2.24) is 14.3 Å². The summed E-state index contributed by atoms with van der Waals surface area (Å²) in [6.45, 7) is 3.15. The van der Waals surface area contributed by atoms with Crippen LogP contribution in [0.1, 0.15) is 10.4 Å². The van der Waals surface area contributed by atoms with Gasteiger partial charge in [0.25, 0.3) is 6.08 Å². The van der Waals surface area contributed by atoms with Crippen molar-refractivity contribution in [3.8, 4) is 16.2 Å². The number of rotatable bonds is 6. The van der Waals surface area contributed by atoms with Crippen LogP contribution in [0.3, 0.4) is 0 Å². The number of nitrogens with one attached hydrogen (secondary N) is 1. The monoisotopic (exact) mass is 547 g/mol. The van der Waals surface area contributed by atoms with Crippen molar-refractivity contribution in [3.05, 3.63) is 63.2 Å². The Morgan fingerprint density at radius 2 is 1.97 bits per heavy atom. The summed E-state index contributed by atoms with van der Waals surface area (Å²) in [5.74, 6) is -1.90. The smallest absolute Gasteiger partial charge is 0.490 e. The van der Waals surface area contributed by atoms with Gasteiger partial charge in [-0.1, -0.05) is 0 Å². The molecule has 0 saturated carbocycles. The molecule has 37 heavy (non-hydrogen) atoms. The second-order valence-electron chi connectivity index (χ2n) is 7.72. The molecule has 2 aromatic heterocycles. The number of nitrogens with two attached hydrogens (primary N) is 1. The first-order valence-electron chi connectivity index (χ1n) is 10.7. The summed E-state index contributed by atoms with van der Waals surface area (Å²) in [4.78, 5) is 23.4. The average molecular weight is 548 g/mol. The highest BCUT2D eigenvalue weighted by Gasteiger charge is 2.38. The second kappa shape index (κ2) is 11.6. The van der Waals surface area contributed by atoms with Crippen molar-refractivity contribution in [2.45, 2.75) is 26.2 Å². The standard InChI is InChI=1S/C20H21F2N5O2S.C2HF3O2/c1-12-15(3-4-16-18(12)24-6-7-29-16)17-5-2-14(30-17)10-26-11-25-27(20(26)28)9-13(8-23)19(21)22;3-2(4,5)1(6)7/h2-5,11,24H,6-10,23H2,1H3;(H,6,7). The molecular formula is C22H22F5N5O4S. The fourth-order valence-electron chi connectivity index (χ4n) is 3.38. The number of hydrogen-bond donors (Lipinski definition) is 3. The van der Waals surface area contributed by atoms with E-state index in [2.05, 4.69) is 17.3 Å². The zero-order chi connectivity index (χ0) is 27.3. The number of thiophene rings is 1. The van der Waals surface area contributed by atoms with Crippen LogP contribution in [-0.4, -0.2) is 51.3 Å². The maximum atomic E-state index is 12.8. The lowest BCUT2D eigenvalue weighted by Crippen LogP contribution is -2.27. The fourth-order valence-corrected chi connectivity index (χ4v) is 4.47. The van der Waals surface area contributed by atoms with E-state index in [4.69, 9.17) is 20.4 Å². The number of aromatic nitrogens is 3. The number of carboxylic acid groups (broad SMARTS) is 1. The van der Waals surface area contributed by atoms with Crippen molar-refractivity contribution in [2.24, 2.45) is 5.73 Å². The summed E-state index contributed by atoms with van der Waals surface area (Å²) in [6.07, 6.45) is -5.60.